The van der Waals surface area contributed by atoms with Crippen molar-refractivity contribution in [2.24, 2.45) is 0 Å². The average Bonchev–Trinajstić information content (AvgIpc) is 2.57. The lowest BCUT2D eigenvalue weighted by Gasteiger charge is -2.14. The molecule has 6 heteroatoms. The van der Waals surface area contributed by atoms with Gasteiger partial charge in [0.1, 0.15) is 0 Å². The Kier molecular flexibility index (Phi) is 6.20. The van der Waals surface area contributed by atoms with Crippen molar-refractivity contribution in [3.05, 3.63) is 59.2 Å². The second kappa shape index (κ2) is 8.16. The molecule has 0 spiro atoms. The van der Waals surface area contributed by atoms with E-state index in [1.54, 1.807) is 49.4 Å². The number of aryl methyl sites for hydroxylation is 1. The molecule has 2 rings (SSSR count). The molecule has 0 fully saturated rings. The normalized spacial score (nSPS) is 11.2. The number of unbranched alkanes of at least 4 members (excludes halogenated alkanes) is 1. The van der Waals surface area contributed by atoms with Crippen molar-refractivity contribution >= 4 is 21.6 Å². The van der Waals surface area contributed by atoms with E-state index in [1.807, 2.05) is 6.92 Å². The molecule has 2 aromatic carbocycles. The monoisotopic (exact) mass is 360 g/mol. The zero-order valence-electron chi connectivity index (χ0n) is 14.8. The lowest BCUT2D eigenvalue weighted by atomic mass is 10.1. The van der Waals surface area contributed by atoms with Crippen LogP contribution in [0.25, 0.3) is 0 Å². The third kappa shape index (κ3) is 4.82. The van der Waals surface area contributed by atoms with Gasteiger partial charge in [-0.25, -0.2) is 8.42 Å². The Labute approximate surface area is 149 Å². The van der Waals surface area contributed by atoms with Gasteiger partial charge in [0.2, 0.25) is 0 Å². The smallest absolute Gasteiger partial charge is 0.261 e. The highest BCUT2D eigenvalue weighted by atomic mass is 32.2. The largest absolute Gasteiger partial charge is 0.352 e. The van der Waals surface area contributed by atoms with Gasteiger partial charge in [-0.15, -0.1) is 0 Å². The van der Waals surface area contributed by atoms with Gasteiger partial charge in [-0.2, -0.15) is 0 Å². The molecule has 0 saturated heterocycles. The quantitative estimate of drug-likeness (QED) is 0.740. The first-order valence-electron chi connectivity index (χ1n) is 8.32. The predicted molar refractivity (Wildman–Crippen MR) is 100 cm³/mol. The highest BCUT2D eigenvalue weighted by Gasteiger charge is 2.17. The zero-order valence-corrected chi connectivity index (χ0v) is 15.6. The topological polar surface area (TPSA) is 75.3 Å². The second-order valence-electron chi connectivity index (χ2n) is 6.01. The minimum absolute atomic E-state index is 0.190. The first-order chi connectivity index (χ1) is 11.8. The predicted octanol–water partition coefficient (Wildman–Crippen LogP) is 3.63. The summed E-state index contributed by atoms with van der Waals surface area (Å²) < 4.78 is 27.7. The van der Waals surface area contributed by atoms with Crippen LogP contribution in [-0.2, 0) is 10.0 Å². The lowest BCUT2D eigenvalue weighted by molar-refractivity contribution is 0.0952. The van der Waals surface area contributed by atoms with E-state index in [0.29, 0.717) is 23.4 Å². The Bertz CT molecular complexity index is 843. The fourth-order valence-corrected chi connectivity index (χ4v) is 3.51. The first kappa shape index (κ1) is 19.0. The highest BCUT2D eigenvalue weighted by molar-refractivity contribution is 7.92. The van der Waals surface area contributed by atoms with Gasteiger partial charge in [0.05, 0.1) is 10.6 Å². The van der Waals surface area contributed by atoms with E-state index in [0.717, 1.165) is 18.4 Å². The number of nitrogens with one attached hydrogen (secondary N) is 2. The minimum atomic E-state index is -3.70. The Morgan fingerprint density at radius 1 is 1.04 bits per heavy atom. The van der Waals surface area contributed by atoms with Gasteiger partial charge in [0, 0.05) is 12.1 Å². The number of hydrogen-bond donors (Lipinski definition) is 2. The van der Waals surface area contributed by atoms with Crippen molar-refractivity contribution in [1.29, 1.82) is 0 Å². The van der Waals surface area contributed by atoms with Crippen molar-refractivity contribution in [3.8, 4) is 0 Å². The standard InChI is InChI=1S/C19H24N2O3S/c1-4-5-13-20-19(22)17-7-6-8-18(15(17)3)21-25(23,24)16-11-9-14(2)10-12-16/h6-12,21H,4-5,13H2,1-3H3,(H,20,22). The van der Waals surface area contributed by atoms with E-state index in [-0.39, 0.29) is 10.8 Å². The van der Waals surface area contributed by atoms with Crippen molar-refractivity contribution in [3.63, 3.8) is 0 Å². The number of amides is 1. The first-order valence-corrected chi connectivity index (χ1v) is 9.80. The van der Waals surface area contributed by atoms with E-state index >= 15 is 0 Å². The van der Waals surface area contributed by atoms with E-state index in [9.17, 15) is 13.2 Å². The molecule has 0 atom stereocenters. The fourth-order valence-electron chi connectivity index (χ4n) is 2.39. The fraction of sp³-hybridized carbons (Fsp3) is 0.316. The number of sulfonamides is 1. The van der Waals surface area contributed by atoms with E-state index < -0.39 is 10.0 Å². The van der Waals surface area contributed by atoms with Crippen LogP contribution in [0.5, 0.6) is 0 Å². The maximum Gasteiger partial charge on any atom is 0.261 e. The summed E-state index contributed by atoms with van der Waals surface area (Å²) in [5.41, 5.74) is 2.47. The van der Waals surface area contributed by atoms with Crippen molar-refractivity contribution in [2.75, 3.05) is 11.3 Å². The van der Waals surface area contributed by atoms with Crippen molar-refractivity contribution in [1.82, 2.24) is 5.32 Å². The molecule has 0 aliphatic heterocycles. The second-order valence-corrected chi connectivity index (χ2v) is 7.69. The molecular formula is C19H24N2O3S. The Balaban J connectivity index is 2.24. The number of rotatable bonds is 7. The molecule has 0 bridgehead atoms. The molecule has 0 aliphatic carbocycles. The highest BCUT2D eigenvalue weighted by Crippen LogP contribution is 2.22. The van der Waals surface area contributed by atoms with Gasteiger partial charge in [-0.1, -0.05) is 37.1 Å². The Morgan fingerprint density at radius 3 is 2.36 bits per heavy atom. The molecule has 2 N–H and O–H groups in total. The molecule has 0 unspecified atom stereocenters. The zero-order chi connectivity index (χ0) is 18.4. The van der Waals surface area contributed by atoms with E-state index in [4.69, 9.17) is 0 Å². The molecule has 134 valence electrons. The molecule has 0 aliphatic rings. The minimum Gasteiger partial charge on any atom is -0.352 e. The summed E-state index contributed by atoms with van der Waals surface area (Å²) >= 11 is 0. The van der Waals surface area contributed by atoms with Gasteiger partial charge < -0.3 is 5.32 Å². The van der Waals surface area contributed by atoms with Gasteiger partial charge in [0.15, 0.2) is 0 Å². The summed E-state index contributed by atoms with van der Waals surface area (Å²) in [5.74, 6) is -0.192. The van der Waals surface area contributed by atoms with Crippen LogP contribution in [0.2, 0.25) is 0 Å². The van der Waals surface area contributed by atoms with Gasteiger partial charge in [0.25, 0.3) is 15.9 Å². The third-order valence-corrected chi connectivity index (χ3v) is 5.35. The summed E-state index contributed by atoms with van der Waals surface area (Å²) in [7, 11) is -3.70. The molecule has 25 heavy (non-hydrogen) atoms. The Morgan fingerprint density at radius 2 is 1.72 bits per heavy atom. The molecule has 0 saturated carbocycles. The molecule has 0 heterocycles. The van der Waals surface area contributed by atoms with Gasteiger partial charge in [-0.3, -0.25) is 9.52 Å². The van der Waals surface area contributed by atoms with Crippen LogP contribution in [0, 0.1) is 13.8 Å². The van der Waals surface area contributed by atoms with Crippen LogP contribution < -0.4 is 10.0 Å². The molecule has 0 aromatic heterocycles. The summed E-state index contributed by atoms with van der Waals surface area (Å²) in [5, 5.41) is 2.85. The van der Waals surface area contributed by atoms with E-state index in [2.05, 4.69) is 17.0 Å². The molecule has 0 radical (unpaired) electrons. The SMILES string of the molecule is CCCCNC(=O)c1cccc(NS(=O)(=O)c2ccc(C)cc2)c1C. The molecule has 2 aromatic rings. The molecule has 5 nitrogen and oxygen atoms in total. The van der Waals surface area contributed by atoms with Gasteiger partial charge in [-0.05, 0) is 50.1 Å². The Hall–Kier alpha value is -2.34. The maximum atomic E-state index is 12.5. The molecular weight excluding hydrogens is 336 g/mol. The number of hydrogen-bond acceptors (Lipinski definition) is 3. The number of benzene rings is 2. The van der Waals surface area contributed by atoms with Crippen LogP contribution in [0.3, 0.4) is 0 Å². The number of carbonyl (C=O) groups excluding carboxylic acids is 1. The summed E-state index contributed by atoms with van der Waals surface area (Å²) in [6.07, 6.45) is 1.90. The van der Waals surface area contributed by atoms with Crippen LogP contribution in [0.15, 0.2) is 47.4 Å². The summed E-state index contributed by atoms with van der Waals surface area (Å²) in [6, 6.07) is 11.7. The van der Waals surface area contributed by atoms with Crippen molar-refractivity contribution < 1.29 is 13.2 Å². The van der Waals surface area contributed by atoms with Crippen molar-refractivity contribution in [2.45, 2.75) is 38.5 Å². The maximum absolute atomic E-state index is 12.5. The lowest BCUT2D eigenvalue weighted by Crippen LogP contribution is -2.25. The summed E-state index contributed by atoms with van der Waals surface area (Å²) in [4.78, 5) is 12.5. The van der Waals surface area contributed by atoms with Crippen LogP contribution in [-0.4, -0.2) is 20.9 Å². The van der Waals surface area contributed by atoms with Crippen LogP contribution >= 0.6 is 0 Å². The number of carbonyl (C=O) groups is 1. The summed E-state index contributed by atoms with van der Waals surface area (Å²) in [6.45, 7) is 6.29. The average molecular weight is 360 g/mol. The molecule has 1 amide bonds. The van der Waals surface area contributed by atoms with E-state index in [1.165, 1.54) is 0 Å². The van der Waals surface area contributed by atoms with Crippen LogP contribution in [0.1, 0.15) is 41.3 Å². The third-order valence-electron chi connectivity index (χ3n) is 3.97. The number of anilines is 1. The van der Waals surface area contributed by atoms with Gasteiger partial charge >= 0.3 is 0 Å². The van der Waals surface area contributed by atoms with Crippen LogP contribution in [0.4, 0.5) is 5.69 Å².